The van der Waals surface area contributed by atoms with E-state index in [0.717, 1.165) is 12.1 Å². The van der Waals surface area contributed by atoms with Gasteiger partial charge in [-0.2, -0.15) is 0 Å². The highest BCUT2D eigenvalue weighted by atomic mass is 19.1. The molecular formula is C14H22FNO2. The van der Waals surface area contributed by atoms with Gasteiger partial charge in [0.15, 0.2) is 0 Å². The Morgan fingerprint density at radius 2 is 2.06 bits per heavy atom. The highest BCUT2D eigenvalue weighted by Crippen LogP contribution is 2.25. The van der Waals surface area contributed by atoms with Crippen LogP contribution < -0.4 is 5.32 Å². The third-order valence-corrected chi connectivity index (χ3v) is 2.94. The largest absolute Gasteiger partial charge is 0.385 e. The van der Waals surface area contributed by atoms with Gasteiger partial charge in [0.2, 0.25) is 0 Å². The summed E-state index contributed by atoms with van der Waals surface area (Å²) in [6, 6.07) is 4.66. The molecule has 1 unspecified atom stereocenters. The van der Waals surface area contributed by atoms with Gasteiger partial charge in [-0.05, 0) is 50.1 Å². The second-order valence-electron chi connectivity index (χ2n) is 4.78. The van der Waals surface area contributed by atoms with Crippen molar-refractivity contribution in [1.29, 1.82) is 0 Å². The average Bonchev–Trinajstić information content (AvgIpc) is 2.27. The van der Waals surface area contributed by atoms with Gasteiger partial charge < -0.3 is 15.2 Å². The molecule has 0 aromatic heterocycles. The number of nitrogens with one attached hydrogen (secondary N) is 1. The van der Waals surface area contributed by atoms with Gasteiger partial charge in [0.1, 0.15) is 5.82 Å². The molecule has 0 spiro atoms. The Kier molecular flexibility index (Phi) is 5.72. The summed E-state index contributed by atoms with van der Waals surface area (Å²) >= 11 is 0. The summed E-state index contributed by atoms with van der Waals surface area (Å²) < 4.78 is 18.2. The van der Waals surface area contributed by atoms with E-state index in [9.17, 15) is 9.50 Å². The van der Waals surface area contributed by atoms with E-state index in [-0.39, 0.29) is 5.82 Å². The van der Waals surface area contributed by atoms with Crippen LogP contribution in [0, 0.1) is 12.7 Å². The van der Waals surface area contributed by atoms with Crippen molar-refractivity contribution in [3.8, 4) is 0 Å². The maximum atomic E-state index is 13.3. The first-order chi connectivity index (χ1) is 8.45. The van der Waals surface area contributed by atoms with Crippen LogP contribution >= 0.6 is 0 Å². The zero-order valence-corrected chi connectivity index (χ0v) is 11.3. The fourth-order valence-corrected chi connectivity index (χ4v) is 1.82. The molecule has 1 aromatic carbocycles. The predicted molar refractivity (Wildman–Crippen MR) is 70.1 cm³/mol. The molecule has 0 saturated carbocycles. The smallest absolute Gasteiger partial charge is 0.123 e. The number of hydrogen-bond donors (Lipinski definition) is 2. The van der Waals surface area contributed by atoms with E-state index in [1.165, 1.54) is 12.1 Å². The molecule has 0 fully saturated rings. The number of aliphatic hydroxyl groups is 1. The minimum atomic E-state index is -1.02. The molecule has 102 valence electrons. The van der Waals surface area contributed by atoms with Crippen LogP contribution in [0.25, 0.3) is 0 Å². The molecule has 0 bridgehead atoms. The lowest BCUT2D eigenvalue weighted by Crippen LogP contribution is -2.29. The SMILES string of the molecule is COCCNCCC(C)(O)c1cc(C)cc(F)c1. The van der Waals surface area contributed by atoms with Crippen LogP contribution in [0.15, 0.2) is 18.2 Å². The van der Waals surface area contributed by atoms with E-state index >= 15 is 0 Å². The van der Waals surface area contributed by atoms with Crippen molar-refractivity contribution in [2.24, 2.45) is 0 Å². The van der Waals surface area contributed by atoms with Crippen molar-refractivity contribution in [2.45, 2.75) is 25.9 Å². The van der Waals surface area contributed by atoms with Crippen molar-refractivity contribution in [3.63, 3.8) is 0 Å². The van der Waals surface area contributed by atoms with Crippen LogP contribution in [0.3, 0.4) is 0 Å². The van der Waals surface area contributed by atoms with Crippen molar-refractivity contribution >= 4 is 0 Å². The molecule has 0 amide bonds. The molecule has 0 heterocycles. The molecule has 0 saturated heterocycles. The first kappa shape index (κ1) is 15.1. The zero-order chi connectivity index (χ0) is 13.6. The van der Waals surface area contributed by atoms with Crippen LogP contribution in [0.5, 0.6) is 0 Å². The summed E-state index contributed by atoms with van der Waals surface area (Å²) in [6.07, 6.45) is 0.527. The molecule has 18 heavy (non-hydrogen) atoms. The van der Waals surface area contributed by atoms with Crippen LogP contribution in [-0.4, -0.2) is 31.9 Å². The Bertz CT molecular complexity index is 360. The van der Waals surface area contributed by atoms with Crippen LogP contribution in [-0.2, 0) is 10.3 Å². The van der Waals surface area contributed by atoms with Gasteiger partial charge in [-0.3, -0.25) is 0 Å². The summed E-state index contributed by atoms with van der Waals surface area (Å²) in [4.78, 5) is 0. The quantitative estimate of drug-likeness (QED) is 0.732. The summed E-state index contributed by atoms with van der Waals surface area (Å²) in [5, 5.41) is 13.5. The van der Waals surface area contributed by atoms with E-state index in [4.69, 9.17) is 4.74 Å². The van der Waals surface area contributed by atoms with Crippen molar-refractivity contribution in [3.05, 3.63) is 35.1 Å². The number of halogens is 1. The van der Waals surface area contributed by atoms with E-state index in [2.05, 4.69) is 5.32 Å². The predicted octanol–water partition coefficient (Wildman–Crippen LogP) is 1.97. The molecule has 4 heteroatoms. The third-order valence-electron chi connectivity index (χ3n) is 2.94. The molecule has 1 atom stereocenters. The second-order valence-corrected chi connectivity index (χ2v) is 4.78. The van der Waals surface area contributed by atoms with Crippen LogP contribution in [0.1, 0.15) is 24.5 Å². The molecule has 0 radical (unpaired) electrons. The van der Waals surface area contributed by atoms with Crippen molar-refractivity contribution in [1.82, 2.24) is 5.32 Å². The highest BCUT2D eigenvalue weighted by molar-refractivity contribution is 5.28. The summed E-state index contributed by atoms with van der Waals surface area (Å²) in [5.41, 5.74) is 0.415. The number of methoxy groups -OCH3 is 1. The Morgan fingerprint density at radius 1 is 1.33 bits per heavy atom. The molecular weight excluding hydrogens is 233 g/mol. The van der Waals surface area contributed by atoms with E-state index in [0.29, 0.717) is 25.1 Å². The minimum Gasteiger partial charge on any atom is -0.385 e. The van der Waals surface area contributed by atoms with Gasteiger partial charge in [-0.25, -0.2) is 4.39 Å². The van der Waals surface area contributed by atoms with Gasteiger partial charge in [-0.1, -0.05) is 6.07 Å². The second kappa shape index (κ2) is 6.83. The number of ether oxygens (including phenoxy) is 1. The molecule has 1 aromatic rings. The normalized spacial score (nSPS) is 14.5. The maximum absolute atomic E-state index is 13.3. The number of rotatable bonds is 7. The van der Waals surface area contributed by atoms with Crippen molar-refractivity contribution < 1.29 is 14.2 Å². The topological polar surface area (TPSA) is 41.5 Å². The first-order valence-electron chi connectivity index (χ1n) is 6.15. The fourth-order valence-electron chi connectivity index (χ4n) is 1.82. The number of aryl methyl sites for hydroxylation is 1. The molecule has 1 rings (SSSR count). The van der Waals surface area contributed by atoms with Gasteiger partial charge in [0.05, 0.1) is 12.2 Å². The summed E-state index contributed by atoms with van der Waals surface area (Å²) in [5.74, 6) is -0.308. The summed E-state index contributed by atoms with van der Waals surface area (Å²) in [6.45, 7) is 5.57. The van der Waals surface area contributed by atoms with Crippen molar-refractivity contribution in [2.75, 3.05) is 26.8 Å². The monoisotopic (exact) mass is 255 g/mol. The van der Waals surface area contributed by atoms with Gasteiger partial charge in [-0.15, -0.1) is 0 Å². The van der Waals surface area contributed by atoms with E-state index in [1.807, 2.05) is 13.0 Å². The van der Waals surface area contributed by atoms with Crippen LogP contribution in [0.2, 0.25) is 0 Å². The highest BCUT2D eigenvalue weighted by Gasteiger charge is 2.23. The van der Waals surface area contributed by atoms with E-state index in [1.54, 1.807) is 14.0 Å². The molecule has 3 nitrogen and oxygen atoms in total. The number of hydrogen-bond acceptors (Lipinski definition) is 3. The molecule has 0 aliphatic carbocycles. The van der Waals surface area contributed by atoms with E-state index < -0.39 is 5.60 Å². The fraction of sp³-hybridized carbons (Fsp3) is 0.571. The van der Waals surface area contributed by atoms with Gasteiger partial charge in [0, 0.05) is 13.7 Å². The Hall–Kier alpha value is -0.970. The average molecular weight is 255 g/mol. The Balaban J connectivity index is 2.56. The lowest BCUT2D eigenvalue weighted by molar-refractivity contribution is 0.0471. The molecule has 2 N–H and O–H groups in total. The molecule has 0 aliphatic heterocycles. The van der Waals surface area contributed by atoms with Gasteiger partial charge in [0.25, 0.3) is 0 Å². The first-order valence-corrected chi connectivity index (χ1v) is 6.15. The lowest BCUT2D eigenvalue weighted by atomic mass is 9.91. The third kappa shape index (κ3) is 4.72. The summed E-state index contributed by atoms with van der Waals surface area (Å²) in [7, 11) is 1.65. The van der Waals surface area contributed by atoms with Crippen LogP contribution in [0.4, 0.5) is 4.39 Å². The minimum absolute atomic E-state index is 0.308. The standard InChI is InChI=1S/C14H22FNO2/c1-11-8-12(10-13(15)9-11)14(2,17)4-5-16-6-7-18-3/h8-10,16-17H,4-7H2,1-3H3. The molecule has 0 aliphatic rings. The maximum Gasteiger partial charge on any atom is 0.123 e. The Morgan fingerprint density at radius 3 is 2.67 bits per heavy atom. The number of benzene rings is 1. The lowest BCUT2D eigenvalue weighted by Gasteiger charge is -2.24. The zero-order valence-electron chi connectivity index (χ0n) is 11.3. The van der Waals surface area contributed by atoms with Gasteiger partial charge >= 0.3 is 0 Å². The Labute approximate surface area is 108 Å².